The first kappa shape index (κ1) is 16.0. The molecule has 0 unspecified atom stereocenters. The van der Waals surface area contributed by atoms with Gasteiger partial charge in [-0.05, 0) is 19.5 Å². The van der Waals surface area contributed by atoms with Crippen molar-refractivity contribution in [2.75, 3.05) is 32.8 Å². The van der Waals surface area contributed by atoms with E-state index in [9.17, 15) is 18.0 Å². The topological polar surface area (TPSA) is 41.6 Å². The van der Waals surface area contributed by atoms with Crippen molar-refractivity contribution in [3.05, 3.63) is 0 Å². The average molecular weight is 256 g/mol. The summed E-state index contributed by atoms with van der Waals surface area (Å²) in [6, 6.07) is 0. The highest BCUT2D eigenvalue weighted by molar-refractivity contribution is 5.67. The molecule has 0 saturated heterocycles. The van der Waals surface area contributed by atoms with Crippen molar-refractivity contribution >= 4 is 6.09 Å². The largest absolute Gasteiger partial charge is 0.440 e. The molecule has 1 N–H and O–H groups in total. The van der Waals surface area contributed by atoms with Crippen LogP contribution in [0.4, 0.5) is 18.0 Å². The van der Waals surface area contributed by atoms with E-state index in [4.69, 9.17) is 0 Å². The van der Waals surface area contributed by atoms with Crippen LogP contribution in [0.2, 0.25) is 0 Å². The molecule has 0 saturated carbocycles. The van der Waals surface area contributed by atoms with Gasteiger partial charge in [-0.2, -0.15) is 13.2 Å². The summed E-state index contributed by atoms with van der Waals surface area (Å²) in [7, 11) is 0. The van der Waals surface area contributed by atoms with E-state index in [0.717, 1.165) is 19.5 Å². The van der Waals surface area contributed by atoms with Crippen molar-refractivity contribution < 1.29 is 22.7 Å². The third-order valence-corrected chi connectivity index (χ3v) is 2.05. The van der Waals surface area contributed by atoms with Gasteiger partial charge in [0, 0.05) is 13.1 Å². The Kier molecular flexibility index (Phi) is 7.69. The Hall–Kier alpha value is -0.980. The molecule has 0 aromatic carbocycles. The number of alkyl halides is 3. The number of nitrogens with zero attached hydrogens (tertiary/aromatic N) is 1. The molecule has 0 heterocycles. The first-order chi connectivity index (χ1) is 7.89. The fourth-order valence-corrected chi connectivity index (χ4v) is 1.26. The van der Waals surface area contributed by atoms with Gasteiger partial charge < -0.3 is 15.0 Å². The lowest BCUT2D eigenvalue weighted by Gasteiger charge is -2.19. The number of halogens is 3. The number of likely N-dealkylation sites (N-methyl/N-ethyl adjacent to an activating group) is 1. The van der Waals surface area contributed by atoms with Gasteiger partial charge in [0.05, 0.1) is 0 Å². The highest BCUT2D eigenvalue weighted by Gasteiger charge is 2.29. The van der Waals surface area contributed by atoms with Crippen LogP contribution < -0.4 is 5.32 Å². The summed E-state index contributed by atoms with van der Waals surface area (Å²) in [6.07, 6.45) is -4.52. The summed E-state index contributed by atoms with van der Waals surface area (Å²) < 4.78 is 39.1. The number of hydrogen-bond donors (Lipinski definition) is 1. The molecule has 0 aliphatic carbocycles. The van der Waals surface area contributed by atoms with Crippen LogP contribution in [0, 0.1) is 0 Å². The molecule has 0 fully saturated rings. The zero-order chi connectivity index (χ0) is 13.3. The average Bonchev–Trinajstić information content (AvgIpc) is 2.24. The van der Waals surface area contributed by atoms with Gasteiger partial charge in [0.15, 0.2) is 6.61 Å². The van der Waals surface area contributed by atoms with Gasteiger partial charge in [0.2, 0.25) is 0 Å². The second-order valence-corrected chi connectivity index (χ2v) is 3.55. The van der Waals surface area contributed by atoms with Crippen LogP contribution in [0.1, 0.15) is 20.3 Å². The lowest BCUT2D eigenvalue weighted by Crippen LogP contribution is -2.36. The Morgan fingerprint density at radius 2 is 1.94 bits per heavy atom. The molecule has 7 heteroatoms. The number of nitrogens with one attached hydrogen (secondary N) is 1. The summed E-state index contributed by atoms with van der Waals surface area (Å²) in [6.45, 7) is 5.09. The second-order valence-electron chi connectivity index (χ2n) is 3.55. The van der Waals surface area contributed by atoms with E-state index >= 15 is 0 Å². The normalized spacial score (nSPS) is 11.6. The van der Waals surface area contributed by atoms with Crippen molar-refractivity contribution in [2.45, 2.75) is 26.4 Å². The summed E-state index contributed by atoms with van der Waals surface area (Å²) in [5.41, 5.74) is 0. The van der Waals surface area contributed by atoms with Gasteiger partial charge in [-0.15, -0.1) is 0 Å². The SMILES string of the molecule is CCCN(CC)CCNC(=O)OCC(F)(F)F. The molecule has 0 aliphatic rings. The predicted octanol–water partition coefficient (Wildman–Crippen LogP) is 2.01. The van der Waals surface area contributed by atoms with Crippen LogP contribution >= 0.6 is 0 Å². The number of carbonyl (C=O) groups is 1. The third kappa shape index (κ3) is 9.92. The summed E-state index contributed by atoms with van der Waals surface area (Å²) >= 11 is 0. The highest BCUT2D eigenvalue weighted by Crippen LogP contribution is 2.14. The summed E-state index contributed by atoms with van der Waals surface area (Å²) in [5.74, 6) is 0. The highest BCUT2D eigenvalue weighted by atomic mass is 19.4. The predicted molar refractivity (Wildman–Crippen MR) is 57.8 cm³/mol. The van der Waals surface area contributed by atoms with Gasteiger partial charge in [-0.25, -0.2) is 4.79 Å². The molecule has 0 aromatic heterocycles. The fourth-order valence-electron chi connectivity index (χ4n) is 1.26. The van der Waals surface area contributed by atoms with Crippen molar-refractivity contribution in [3.63, 3.8) is 0 Å². The summed E-state index contributed by atoms with van der Waals surface area (Å²) in [5, 5.41) is 2.28. The van der Waals surface area contributed by atoms with Crippen molar-refractivity contribution in [3.8, 4) is 0 Å². The maximum absolute atomic E-state index is 11.7. The first-order valence-corrected chi connectivity index (χ1v) is 5.58. The monoisotopic (exact) mass is 256 g/mol. The Morgan fingerprint density at radius 1 is 1.29 bits per heavy atom. The van der Waals surface area contributed by atoms with Crippen LogP contribution in [0.25, 0.3) is 0 Å². The number of rotatable bonds is 7. The van der Waals surface area contributed by atoms with Crippen LogP contribution in [-0.2, 0) is 4.74 Å². The zero-order valence-corrected chi connectivity index (χ0v) is 10.1. The van der Waals surface area contributed by atoms with Gasteiger partial charge in [0.1, 0.15) is 0 Å². The number of ether oxygens (including phenoxy) is 1. The van der Waals surface area contributed by atoms with Crippen LogP contribution in [0.15, 0.2) is 0 Å². The maximum Gasteiger partial charge on any atom is 0.422 e. The minimum Gasteiger partial charge on any atom is -0.440 e. The minimum atomic E-state index is -4.48. The standard InChI is InChI=1S/C10H19F3N2O2/c1-3-6-15(4-2)7-5-14-9(16)17-8-10(11,12)13/h3-8H2,1-2H3,(H,14,16). The van der Waals surface area contributed by atoms with Crippen molar-refractivity contribution in [2.24, 2.45) is 0 Å². The van der Waals surface area contributed by atoms with Crippen LogP contribution in [0.5, 0.6) is 0 Å². The number of carbonyl (C=O) groups excluding carboxylic acids is 1. The summed E-state index contributed by atoms with van der Waals surface area (Å²) in [4.78, 5) is 13.0. The molecule has 0 aromatic rings. The number of hydrogen-bond acceptors (Lipinski definition) is 3. The van der Waals surface area contributed by atoms with E-state index in [1.54, 1.807) is 0 Å². The van der Waals surface area contributed by atoms with E-state index in [-0.39, 0.29) is 6.54 Å². The first-order valence-electron chi connectivity index (χ1n) is 5.58. The molecule has 17 heavy (non-hydrogen) atoms. The Balaban J connectivity index is 3.63. The van der Waals surface area contributed by atoms with E-state index < -0.39 is 18.9 Å². The molecule has 0 radical (unpaired) electrons. The smallest absolute Gasteiger partial charge is 0.422 e. The van der Waals surface area contributed by atoms with Gasteiger partial charge >= 0.3 is 12.3 Å². The molecule has 4 nitrogen and oxygen atoms in total. The van der Waals surface area contributed by atoms with E-state index in [1.807, 2.05) is 13.8 Å². The molecule has 0 spiro atoms. The quantitative estimate of drug-likeness (QED) is 0.757. The lowest BCUT2D eigenvalue weighted by atomic mass is 10.4. The Bertz CT molecular complexity index is 222. The molecule has 1 amide bonds. The van der Waals surface area contributed by atoms with Gasteiger partial charge in [-0.1, -0.05) is 13.8 Å². The fraction of sp³-hybridized carbons (Fsp3) is 0.900. The van der Waals surface area contributed by atoms with E-state index in [1.165, 1.54) is 0 Å². The van der Waals surface area contributed by atoms with Crippen LogP contribution in [-0.4, -0.2) is 50.0 Å². The molecule has 102 valence electrons. The minimum absolute atomic E-state index is 0.282. The second kappa shape index (κ2) is 8.16. The van der Waals surface area contributed by atoms with Gasteiger partial charge in [-0.3, -0.25) is 0 Å². The van der Waals surface area contributed by atoms with Crippen molar-refractivity contribution in [1.29, 1.82) is 0 Å². The third-order valence-electron chi connectivity index (χ3n) is 2.05. The lowest BCUT2D eigenvalue weighted by molar-refractivity contribution is -0.160. The molecule has 0 bridgehead atoms. The van der Waals surface area contributed by atoms with Gasteiger partial charge in [0.25, 0.3) is 0 Å². The molecule has 0 rings (SSSR count). The number of amides is 1. The Morgan fingerprint density at radius 3 is 2.41 bits per heavy atom. The number of alkyl carbamates (subject to hydrolysis) is 1. The molecular formula is C10H19F3N2O2. The zero-order valence-electron chi connectivity index (χ0n) is 10.1. The Labute approximate surface area is 99.1 Å². The molecular weight excluding hydrogens is 237 g/mol. The van der Waals surface area contributed by atoms with E-state index in [2.05, 4.69) is 15.0 Å². The van der Waals surface area contributed by atoms with Crippen LogP contribution in [0.3, 0.4) is 0 Å². The van der Waals surface area contributed by atoms with Crippen molar-refractivity contribution in [1.82, 2.24) is 10.2 Å². The maximum atomic E-state index is 11.7. The van der Waals surface area contributed by atoms with E-state index in [0.29, 0.717) is 6.54 Å². The molecule has 0 aliphatic heterocycles. The molecule has 0 atom stereocenters.